The van der Waals surface area contributed by atoms with Gasteiger partial charge in [-0.15, -0.1) is 0 Å². The van der Waals surface area contributed by atoms with Gasteiger partial charge in [0, 0.05) is 6.42 Å². The maximum absolute atomic E-state index is 10.9. The second-order valence-electron chi connectivity index (χ2n) is 5.84. The molecule has 0 aromatic carbocycles. The van der Waals surface area contributed by atoms with Crippen LogP contribution in [0.2, 0.25) is 0 Å². The van der Waals surface area contributed by atoms with Gasteiger partial charge in [-0.05, 0) is 31.1 Å². The Morgan fingerprint density at radius 2 is 2.06 bits per heavy atom. The molecule has 0 amide bonds. The topological polar surface area (TPSA) is 58.9 Å². The molecule has 2 saturated carbocycles. The lowest BCUT2D eigenvalue weighted by atomic mass is 9.65. The molecule has 0 aromatic heterocycles. The van der Waals surface area contributed by atoms with Crippen LogP contribution in [0.4, 0.5) is 0 Å². The first kappa shape index (κ1) is 11.1. The molecule has 1 heterocycles. The lowest BCUT2D eigenvalue weighted by Crippen LogP contribution is -2.41. The summed E-state index contributed by atoms with van der Waals surface area (Å²) in [5, 5.41) is 12.7. The van der Waals surface area contributed by atoms with E-state index in [1.165, 1.54) is 32.1 Å². The zero-order valence-corrected chi connectivity index (χ0v) is 10.0. The molecule has 3 rings (SSSR count). The SMILES string of the molecule is O=C(O)C1=NOC2(CCC3CCCCC3C2)C1. The summed E-state index contributed by atoms with van der Waals surface area (Å²) in [5.74, 6) is 0.667. The molecule has 3 unspecified atom stereocenters. The van der Waals surface area contributed by atoms with Gasteiger partial charge < -0.3 is 9.94 Å². The highest BCUT2D eigenvalue weighted by Gasteiger charge is 2.47. The molecule has 0 bridgehead atoms. The number of oxime groups is 1. The summed E-state index contributed by atoms with van der Waals surface area (Å²) in [5.41, 5.74) is -0.0639. The number of carboxylic acids is 1. The van der Waals surface area contributed by atoms with Gasteiger partial charge in [0.25, 0.3) is 0 Å². The van der Waals surface area contributed by atoms with Crippen molar-refractivity contribution in [3.63, 3.8) is 0 Å². The first-order valence-electron chi connectivity index (χ1n) is 6.67. The Morgan fingerprint density at radius 1 is 1.29 bits per heavy atom. The van der Waals surface area contributed by atoms with Crippen LogP contribution in [0, 0.1) is 11.8 Å². The van der Waals surface area contributed by atoms with E-state index >= 15 is 0 Å². The van der Waals surface area contributed by atoms with Gasteiger partial charge in [0.05, 0.1) is 0 Å². The van der Waals surface area contributed by atoms with Crippen LogP contribution >= 0.6 is 0 Å². The molecule has 1 spiro atoms. The van der Waals surface area contributed by atoms with E-state index < -0.39 is 5.97 Å². The van der Waals surface area contributed by atoms with Gasteiger partial charge in [-0.2, -0.15) is 0 Å². The molecule has 2 aliphatic carbocycles. The summed E-state index contributed by atoms with van der Waals surface area (Å²) in [6.45, 7) is 0. The minimum Gasteiger partial charge on any atom is -0.477 e. The van der Waals surface area contributed by atoms with E-state index in [9.17, 15) is 4.79 Å². The van der Waals surface area contributed by atoms with Crippen LogP contribution in [0.15, 0.2) is 5.16 Å². The third kappa shape index (κ3) is 1.94. The van der Waals surface area contributed by atoms with Gasteiger partial charge in [0.2, 0.25) is 0 Å². The highest BCUT2D eigenvalue weighted by Crippen LogP contribution is 2.48. The Bertz CT molecular complexity index is 366. The molecule has 94 valence electrons. The Morgan fingerprint density at radius 3 is 2.76 bits per heavy atom. The summed E-state index contributed by atoms with van der Waals surface area (Å²) in [4.78, 5) is 16.4. The fraction of sp³-hybridized carbons (Fsp3) is 0.846. The van der Waals surface area contributed by atoms with E-state index in [2.05, 4.69) is 5.16 Å². The number of nitrogens with zero attached hydrogens (tertiary/aromatic N) is 1. The second kappa shape index (κ2) is 4.00. The molecule has 1 N–H and O–H groups in total. The average Bonchev–Trinajstić information content (AvgIpc) is 2.73. The quantitative estimate of drug-likeness (QED) is 0.762. The van der Waals surface area contributed by atoms with E-state index in [1.807, 2.05) is 0 Å². The Hall–Kier alpha value is -1.06. The van der Waals surface area contributed by atoms with Crippen molar-refractivity contribution < 1.29 is 14.7 Å². The zero-order chi connectivity index (χ0) is 11.9. The number of hydrogen-bond donors (Lipinski definition) is 1. The predicted octanol–water partition coefficient (Wildman–Crippen LogP) is 2.58. The monoisotopic (exact) mass is 237 g/mol. The van der Waals surface area contributed by atoms with Crippen molar-refractivity contribution in [1.29, 1.82) is 0 Å². The summed E-state index contributed by atoms with van der Waals surface area (Å²) in [7, 11) is 0. The van der Waals surface area contributed by atoms with Crippen LogP contribution < -0.4 is 0 Å². The van der Waals surface area contributed by atoms with Gasteiger partial charge in [-0.3, -0.25) is 0 Å². The van der Waals surface area contributed by atoms with Crippen LogP contribution in [0.25, 0.3) is 0 Å². The molecule has 0 saturated heterocycles. The van der Waals surface area contributed by atoms with Crippen molar-refractivity contribution in [1.82, 2.24) is 0 Å². The standard InChI is InChI=1S/C13H19NO3/c15-12(16)11-8-13(17-14-11)6-5-9-3-1-2-4-10(9)7-13/h9-10H,1-8H2,(H,15,16). The zero-order valence-electron chi connectivity index (χ0n) is 10.0. The molecule has 2 fully saturated rings. The Kier molecular flexibility index (Phi) is 2.60. The minimum absolute atomic E-state index is 0.208. The van der Waals surface area contributed by atoms with Gasteiger partial charge >= 0.3 is 5.97 Å². The van der Waals surface area contributed by atoms with E-state index in [1.54, 1.807) is 0 Å². The number of hydrogen-bond acceptors (Lipinski definition) is 3. The molecule has 4 nitrogen and oxygen atoms in total. The Labute approximate surface area is 101 Å². The molecule has 0 aromatic rings. The van der Waals surface area contributed by atoms with Crippen LogP contribution in [-0.4, -0.2) is 22.4 Å². The normalized spacial score (nSPS) is 40.6. The number of fused-ring (bicyclic) bond motifs is 1. The van der Waals surface area contributed by atoms with Crippen molar-refractivity contribution in [2.75, 3.05) is 0 Å². The lowest BCUT2D eigenvalue weighted by molar-refractivity contribution is -0.129. The van der Waals surface area contributed by atoms with Gasteiger partial charge in [0.1, 0.15) is 5.60 Å². The van der Waals surface area contributed by atoms with E-state index in [-0.39, 0.29) is 11.3 Å². The summed E-state index contributed by atoms with van der Waals surface area (Å²) in [6, 6.07) is 0. The molecule has 17 heavy (non-hydrogen) atoms. The van der Waals surface area contributed by atoms with Crippen LogP contribution in [-0.2, 0) is 9.63 Å². The van der Waals surface area contributed by atoms with Crippen molar-refractivity contribution in [3.05, 3.63) is 0 Å². The van der Waals surface area contributed by atoms with Crippen molar-refractivity contribution in [2.45, 2.75) is 57.0 Å². The third-order valence-corrected chi connectivity index (χ3v) is 4.76. The first-order chi connectivity index (χ1) is 8.19. The van der Waals surface area contributed by atoms with E-state index in [4.69, 9.17) is 9.94 Å². The molecule has 3 atom stereocenters. The fourth-order valence-electron chi connectivity index (χ4n) is 3.84. The first-order valence-corrected chi connectivity index (χ1v) is 6.67. The molecular weight excluding hydrogens is 218 g/mol. The Balaban J connectivity index is 1.69. The average molecular weight is 237 g/mol. The van der Waals surface area contributed by atoms with E-state index in [0.717, 1.165) is 24.7 Å². The minimum atomic E-state index is -0.923. The predicted molar refractivity (Wildman–Crippen MR) is 62.8 cm³/mol. The van der Waals surface area contributed by atoms with Crippen molar-refractivity contribution >= 4 is 11.7 Å². The summed E-state index contributed by atoms with van der Waals surface area (Å²) in [6.07, 6.45) is 9.02. The van der Waals surface area contributed by atoms with Gasteiger partial charge in [-0.25, -0.2) is 4.79 Å². The summed E-state index contributed by atoms with van der Waals surface area (Å²) < 4.78 is 0. The largest absolute Gasteiger partial charge is 0.477 e. The van der Waals surface area contributed by atoms with E-state index in [0.29, 0.717) is 6.42 Å². The number of carbonyl (C=O) groups is 1. The molecule has 1 aliphatic heterocycles. The van der Waals surface area contributed by atoms with Gasteiger partial charge in [0.15, 0.2) is 5.71 Å². The summed E-state index contributed by atoms with van der Waals surface area (Å²) >= 11 is 0. The molecule has 3 aliphatic rings. The maximum atomic E-state index is 10.9. The number of aliphatic carboxylic acids is 1. The highest BCUT2D eigenvalue weighted by atomic mass is 16.7. The van der Waals surface area contributed by atoms with Gasteiger partial charge in [-0.1, -0.05) is 30.8 Å². The molecule has 0 radical (unpaired) electrons. The maximum Gasteiger partial charge on any atom is 0.353 e. The number of rotatable bonds is 1. The smallest absolute Gasteiger partial charge is 0.353 e. The third-order valence-electron chi connectivity index (χ3n) is 4.76. The lowest BCUT2D eigenvalue weighted by Gasteiger charge is -2.43. The molecular formula is C13H19NO3. The van der Waals surface area contributed by atoms with Crippen molar-refractivity contribution in [3.8, 4) is 0 Å². The van der Waals surface area contributed by atoms with Crippen molar-refractivity contribution in [2.24, 2.45) is 17.0 Å². The van der Waals surface area contributed by atoms with Crippen LogP contribution in [0.5, 0.6) is 0 Å². The highest BCUT2D eigenvalue weighted by molar-refractivity contribution is 6.36. The second-order valence-corrected chi connectivity index (χ2v) is 5.84. The number of carboxylic acid groups (broad SMARTS) is 1. The fourth-order valence-corrected chi connectivity index (χ4v) is 3.84. The van der Waals surface area contributed by atoms with Crippen LogP contribution in [0.1, 0.15) is 51.4 Å². The van der Waals surface area contributed by atoms with Crippen LogP contribution in [0.3, 0.4) is 0 Å². The molecule has 4 heteroatoms.